The van der Waals surface area contributed by atoms with Crippen LogP contribution in [0.5, 0.6) is 0 Å². The summed E-state index contributed by atoms with van der Waals surface area (Å²) >= 11 is 1.22. The second kappa shape index (κ2) is 7.55. The van der Waals surface area contributed by atoms with Crippen molar-refractivity contribution in [1.29, 1.82) is 0 Å². The summed E-state index contributed by atoms with van der Waals surface area (Å²) in [4.78, 5) is 30.9. The fourth-order valence-electron chi connectivity index (χ4n) is 2.97. The standard InChI is InChI=1S/C18H23N3O4S2/c1-11(2)6-7-21-10-12(8-16(21)22)17(23)20-18-19-14-5-4-13(27(3,24)25)9-15(14)26-18/h4-5,9,11-12H,6-8,10H2,1-3H3,(H,19,20,23)/t12-/m1/s1. The van der Waals surface area contributed by atoms with Gasteiger partial charge in [-0.05, 0) is 30.5 Å². The Hall–Kier alpha value is -2.00. The number of carbonyl (C=O) groups is 2. The van der Waals surface area contributed by atoms with E-state index in [1.54, 1.807) is 17.0 Å². The van der Waals surface area contributed by atoms with Crippen LogP contribution in [0.3, 0.4) is 0 Å². The Morgan fingerprint density at radius 1 is 1.41 bits per heavy atom. The highest BCUT2D eigenvalue weighted by Gasteiger charge is 2.34. The Morgan fingerprint density at radius 3 is 2.81 bits per heavy atom. The van der Waals surface area contributed by atoms with Crippen LogP contribution < -0.4 is 5.32 Å². The number of nitrogens with one attached hydrogen (secondary N) is 1. The first-order valence-electron chi connectivity index (χ1n) is 8.83. The summed E-state index contributed by atoms with van der Waals surface area (Å²) in [6.07, 6.45) is 2.29. The largest absolute Gasteiger partial charge is 0.342 e. The van der Waals surface area contributed by atoms with Crippen LogP contribution in [0.4, 0.5) is 5.13 Å². The van der Waals surface area contributed by atoms with Gasteiger partial charge in [-0.1, -0.05) is 25.2 Å². The third-order valence-electron chi connectivity index (χ3n) is 4.58. The van der Waals surface area contributed by atoms with Crippen LogP contribution >= 0.6 is 11.3 Å². The summed E-state index contributed by atoms with van der Waals surface area (Å²) in [5, 5.41) is 3.19. The van der Waals surface area contributed by atoms with Crippen molar-refractivity contribution in [2.24, 2.45) is 11.8 Å². The number of hydrogen-bond acceptors (Lipinski definition) is 6. The maximum atomic E-state index is 12.5. The lowest BCUT2D eigenvalue weighted by molar-refractivity contribution is -0.128. The van der Waals surface area contributed by atoms with E-state index < -0.39 is 9.84 Å². The van der Waals surface area contributed by atoms with Crippen molar-refractivity contribution in [3.05, 3.63) is 18.2 Å². The van der Waals surface area contributed by atoms with Crippen LogP contribution in [0, 0.1) is 11.8 Å². The van der Waals surface area contributed by atoms with Gasteiger partial charge in [-0.15, -0.1) is 0 Å². The minimum Gasteiger partial charge on any atom is -0.342 e. The van der Waals surface area contributed by atoms with Gasteiger partial charge < -0.3 is 10.2 Å². The normalized spacial score (nSPS) is 17.9. The Bertz CT molecular complexity index is 982. The molecule has 1 aliphatic rings. The van der Waals surface area contributed by atoms with Gasteiger partial charge in [0.2, 0.25) is 11.8 Å². The molecule has 0 spiro atoms. The van der Waals surface area contributed by atoms with E-state index in [0.717, 1.165) is 12.7 Å². The molecule has 2 heterocycles. The number of sulfone groups is 1. The van der Waals surface area contributed by atoms with Gasteiger partial charge in [0.25, 0.3) is 0 Å². The topological polar surface area (TPSA) is 96.4 Å². The SMILES string of the molecule is CC(C)CCN1C[C@H](C(=O)Nc2nc3ccc(S(C)(=O)=O)cc3s2)CC1=O. The molecule has 1 atom stereocenters. The second-order valence-corrected chi connectivity index (χ2v) is 10.4. The zero-order valence-electron chi connectivity index (χ0n) is 15.6. The van der Waals surface area contributed by atoms with E-state index in [2.05, 4.69) is 24.1 Å². The van der Waals surface area contributed by atoms with Crippen molar-refractivity contribution >= 4 is 48.3 Å². The Morgan fingerprint density at radius 2 is 2.15 bits per heavy atom. The Labute approximate surface area is 162 Å². The van der Waals surface area contributed by atoms with Gasteiger partial charge in [-0.3, -0.25) is 9.59 Å². The highest BCUT2D eigenvalue weighted by atomic mass is 32.2. The number of hydrogen-bond donors (Lipinski definition) is 1. The molecule has 1 aromatic heterocycles. The number of nitrogens with zero attached hydrogens (tertiary/aromatic N) is 2. The number of amides is 2. The summed E-state index contributed by atoms with van der Waals surface area (Å²) < 4.78 is 24.0. The highest BCUT2D eigenvalue weighted by Crippen LogP contribution is 2.29. The van der Waals surface area contributed by atoms with E-state index >= 15 is 0 Å². The van der Waals surface area contributed by atoms with E-state index in [4.69, 9.17) is 0 Å². The first kappa shape index (κ1) is 19.8. The predicted octanol–water partition coefficient (Wildman–Crippen LogP) is 2.53. The third kappa shape index (κ3) is 4.65. The average molecular weight is 410 g/mol. The third-order valence-corrected chi connectivity index (χ3v) is 6.62. The number of likely N-dealkylation sites (tertiary alicyclic amines) is 1. The molecule has 0 radical (unpaired) electrons. The molecule has 0 aliphatic carbocycles. The van der Waals surface area contributed by atoms with Crippen LogP contribution in [0.15, 0.2) is 23.1 Å². The van der Waals surface area contributed by atoms with Crippen molar-refractivity contribution in [3.63, 3.8) is 0 Å². The summed E-state index contributed by atoms with van der Waals surface area (Å²) in [5.41, 5.74) is 0.628. The quantitative estimate of drug-likeness (QED) is 0.791. The van der Waals surface area contributed by atoms with Crippen molar-refractivity contribution < 1.29 is 18.0 Å². The maximum absolute atomic E-state index is 12.5. The lowest BCUT2D eigenvalue weighted by atomic mass is 10.1. The maximum Gasteiger partial charge on any atom is 0.231 e. The molecule has 1 fully saturated rings. The minimum absolute atomic E-state index is 0.0119. The first-order chi connectivity index (χ1) is 12.6. The molecular weight excluding hydrogens is 386 g/mol. The first-order valence-corrected chi connectivity index (χ1v) is 11.5. The summed E-state index contributed by atoms with van der Waals surface area (Å²) in [6, 6.07) is 4.70. The molecule has 1 aliphatic heterocycles. The van der Waals surface area contributed by atoms with Gasteiger partial charge in [-0.25, -0.2) is 13.4 Å². The zero-order valence-corrected chi connectivity index (χ0v) is 17.2. The van der Waals surface area contributed by atoms with E-state index in [0.29, 0.717) is 34.4 Å². The van der Waals surface area contributed by atoms with Gasteiger partial charge >= 0.3 is 0 Å². The number of carbonyl (C=O) groups excluding carboxylic acids is 2. The van der Waals surface area contributed by atoms with Crippen LogP contribution in [0.25, 0.3) is 10.2 Å². The van der Waals surface area contributed by atoms with E-state index in [-0.39, 0.29) is 29.0 Å². The highest BCUT2D eigenvalue weighted by molar-refractivity contribution is 7.90. The molecule has 146 valence electrons. The molecule has 1 N–H and O–H groups in total. The molecule has 0 bridgehead atoms. The number of rotatable bonds is 6. The van der Waals surface area contributed by atoms with Gasteiger partial charge in [0.15, 0.2) is 15.0 Å². The minimum atomic E-state index is -3.30. The van der Waals surface area contributed by atoms with Gasteiger partial charge in [-0.2, -0.15) is 0 Å². The lowest BCUT2D eigenvalue weighted by Gasteiger charge is -2.17. The van der Waals surface area contributed by atoms with Crippen LogP contribution in [0.1, 0.15) is 26.7 Å². The number of benzene rings is 1. The molecular formula is C18H23N3O4S2. The van der Waals surface area contributed by atoms with E-state index in [1.165, 1.54) is 17.4 Å². The number of fused-ring (bicyclic) bond motifs is 1. The van der Waals surface area contributed by atoms with Gasteiger partial charge in [0.1, 0.15) is 0 Å². The number of anilines is 1. The average Bonchev–Trinajstić information content (AvgIpc) is 3.14. The van der Waals surface area contributed by atoms with Crippen LogP contribution in [-0.2, 0) is 19.4 Å². The van der Waals surface area contributed by atoms with Crippen molar-refractivity contribution in [2.45, 2.75) is 31.6 Å². The fraction of sp³-hybridized carbons (Fsp3) is 0.500. The summed E-state index contributed by atoms with van der Waals surface area (Å²) in [7, 11) is -3.30. The van der Waals surface area contributed by atoms with Crippen molar-refractivity contribution in [1.82, 2.24) is 9.88 Å². The molecule has 2 aromatic rings. The monoisotopic (exact) mass is 409 g/mol. The molecule has 1 aromatic carbocycles. The Balaban J connectivity index is 1.68. The fourth-order valence-corrected chi connectivity index (χ4v) is 4.60. The molecule has 1 saturated heterocycles. The van der Waals surface area contributed by atoms with Gasteiger partial charge in [0, 0.05) is 25.8 Å². The van der Waals surface area contributed by atoms with E-state index in [1.807, 2.05) is 0 Å². The molecule has 0 saturated carbocycles. The molecule has 0 unspecified atom stereocenters. The molecule has 9 heteroatoms. The molecule has 27 heavy (non-hydrogen) atoms. The number of aromatic nitrogens is 1. The number of thiazole rings is 1. The van der Waals surface area contributed by atoms with Crippen molar-refractivity contribution in [3.8, 4) is 0 Å². The van der Waals surface area contributed by atoms with Crippen LogP contribution in [-0.4, -0.2) is 49.5 Å². The summed E-state index contributed by atoms with van der Waals surface area (Å²) in [5.74, 6) is -0.0933. The Kier molecular flexibility index (Phi) is 5.53. The second-order valence-electron chi connectivity index (χ2n) is 7.33. The summed E-state index contributed by atoms with van der Waals surface area (Å²) in [6.45, 7) is 5.32. The molecule has 7 nitrogen and oxygen atoms in total. The van der Waals surface area contributed by atoms with E-state index in [9.17, 15) is 18.0 Å². The zero-order chi connectivity index (χ0) is 19.8. The van der Waals surface area contributed by atoms with Crippen molar-refractivity contribution in [2.75, 3.05) is 24.7 Å². The van der Waals surface area contributed by atoms with Crippen LogP contribution in [0.2, 0.25) is 0 Å². The smallest absolute Gasteiger partial charge is 0.231 e. The lowest BCUT2D eigenvalue weighted by Crippen LogP contribution is -2.29. The molecule has 3 rings (SSSR count). The predicted molar refractivity (Wildman–Crippen MR) is 106 cm³/mol. The molecule has 2 amide bonds. The van der Waals surface area contributed by atoms with Gasteiger partial charge in [0.05, 0.1) is 21.0 Å².